The van der Waals surface area contributed by atoms with Crippen molar-refractivity contribution in [1.29, 1.82) is 0 Å². The summed E-state index contributed by atoms with van der Waals surface area (Å²) < 4.78 is 53.6. The van der Waals surface area contributed by atoms with E-state index in [1.54, 1.807) is 12.1 Å². The average Bonchev–Trinajstić information content (AvgIpc) is 2.55. The topological polar surface area (TPSA) is 28.2 Å². The minimum Gasteiger partial charge on any atom is -0.379 e. The zero-order valence-electron chi connectivity index (χ0n) is 14.1. The minimum atomic E-state index is -4.62. The lowest BCUT2D eigenvalue weighted by molar-refractivity contribution is -0.0688. The Morgan fingerprint density at radius 2 is 2.08 bits per heavy atom. The first-order valence-corrected chi connectivity index (χ1v) is 8.49. The van der Waals surface area contributed by atoms with Crippen molar-refractivity contribution in [3.63, 3.8) is 0 Å². The number of hydrogen-bond acceptors (Lipinski definition) is 3. The van der Waals surface area contributed by atoms with Gasteiger partial charge in [-0.3, -0.25) is 0 Å². The minimum absolute atomic E-state index is 0.0766. The first-order valence-electron chi connectivity index (χ1n) is 8.11. The van der Waals surface area contributed by atoms with Crippen molar-refractivity contribution in [1.82, 2.24) is 9.88 Å². The first kappa shape index (κ1) is 18.9. The summed E-state index contributed by atoms with van der Waals surface area (Å²) in [5.41, 5.74) is -0.853. The summed E-state index contributed by atoms with van der Waals surface area (Å²) in [4.78, 5) is 5.72. The Kier molecular flexibility index (Phi) is 5.12. The molecule has 3 nitrogen and oxygen atoms in total. The van der Waals surface area contributed by atoms with Gasteiger partial charge in [0.25, 0.3) is 0 Å². The summed E-state index contributed by atoms with van der Waals surface area (Å²) >= 11 is 5.95. The molecule has 2 heterocycles. The molecule has 1 aliphatic rings. The van der Waals surface area contributed by atoms with Crippen LogP contribution in [-0.4, -0.2) is 48.4 Å². The number of alkyl halides is 4. The second-order valence-corrected chi connectivity index (χ2v) is 6.88. The highest BCUT2D eigenvalue weighted by molar-refractivity contribution is 6.30. The molecule has 1 aromatic heterocycles. The van der Waals surface area contributed by atoms with Crippen molar-refractivity contribution in [2.24, 2.45) is 0 Å². The van der Waals surface area contributed by atoms with E-state index in [0.29, 0.717) is 24.0 Å². The molecule has 0 aliphatic carbocycles. The van der Waals surface area contributed by atoms with Crippen LogP contribution >= 0.6 is 11.6 Å². The number of benzene rings is 1. The number of hydrogen-bond donors (Lipinski definition) is 1. The fourth-order valence-electron chi connectivity index (χ4n) is 3.15. The van der Waals surface area contributed by atoms with E-state index >= 15 is 0 Å². The molecule has 2 unspecified atom stereocenters. The van der Waals surface area contributed by atoms with Crippen LogP contribution in [0.1, 0.15) is 12.1 Å². The van der Waals surface area contributed by atoms with Gasteiger partial charge in [-0.2, -0.15) is 13.2 Å². The van der Waals surface area contributed by atoms with Crippen molar-refractivity contribution in [2.75, 3.05) is 25.5 Å². The molecule has 0 saturated carbocycles. The molecule has 140 valence electrons. The second-order valence-electron chi connectivity index (χ2n) is 6.49. The number of halogens is 5. The van der Waals surface area contributed by atoms with Crippen LogP contribution in [0.25, 0.3) is 16.3 Å². The van der Waals surface area contributed by atoms with Crippen molar-refractivity contribution in [2.45, 2.75) is 24.8 Å². The summed E-state index contributed by atoms with van der Waals surface area (Å²) in [6.45, 7) is 4.16. The Bertz CT molecular complexity index is 837. The fourth-order valence-corrected chi connectivity index (χ4v) is 3.35. The molecule has 1 N–H and O–H groups in total. The third kappa shape index (κ3) is 3.78. The molecule has 0 amide bonds. The zero-order valence-corrected chi connectivity index (χ0v) is 14.8. The van der Waals surface area contributed by atoms with E-state index in [9.17, 15) is 17.6 Å². The van der Waals surface area contributed by atoms with Gasteiger partial charge >= 0.3 is 6.18 Å². The predicted octanol–water partition coefficient (Wildman–Crippen LogP) is 4.92. The van der Waals surface area contributed by atoms with Gasteiger partial charge < -0.3 is 10.2 Å². The number of nitrogens with zero attached hydrogens (tertiary/aromatic N) is 2. The van der Waals surface area contributed by atoms with Crippen LogP contribution < -0.4 is 5.32 Å². The predicted molar refractivity (Wildman–Crippen MR) is 96.3 cm³/mol. The quantitative estimate of drug-likeness (QED) is 0.598. The Morgan fingerprint density at radius 3 is 2.73 bits per heavy atom. The van der Waals surface area contributed by atoms with E-state index in [4.69, 9.17) is 11.6 Å². The number of aromatic nitrogens is 1. The maximum Gasteiger partial charge on any atom is 0.417 e. The van der Waals surface area contributed by atoms with E-state index < -0.39 is 24.0 Å². The molecule has 2 atom stereocenters. The normalized spacial score (nSPS) is 21.8. The number of rotatable bonds is 3. The van der Waals surface area contributed by atoms with Crippen LogP contribution in [0.2, 0.25) is 5.15 Å². The molecule has 1 fully saturated rings. The maximum absolute atomic E-state index is 14.3. The van der Waals surface area contributed by atoms with E-state index in [2.05, 4.69) is 16.9 Å². The molecule has 26 heavy (non-hydrogen) atoms. The van der Waals surface area contributed by atoms with Crippen LogP contribution in [0.3, 0.4) is 0 Å². The molecule has 0 radical (unpaired) electrons. The molecule has 0 spiro atoms. The number of fused-ring (bicyclic) bond motifs is 1. The Hall–Kier alpha value is -1.86. The standard InChI is InChI=1S/C18H18ClF4N3/c1-10(18(21,22)23)17-11-4-3-5-14(12(11)8-16(19)25-17)24-15-6-7-26(2)9-13(15)20/h3-5,8,13,15,24H,1,6-7,9H2,2H3. The number of likely N-dealkylation sites (tertiary alicyclic amines) is 1. The summed E-state index contributed by atoms with van der Waals surface area (Å²) in [5.74, 6) is 0. The van der Waals surface area contributed by atoms with Crippen LogP contribution in [0, 0.1) is 0 Å². The third-order valence-corrected chi connectivity index (χ3v) is 4.75. The van der Waals surface area contributed by atoms with Gasteiger partial charge in [0, 0.05) is 29.5 Å². The van der Waals surface area contributed by atoms with Gasteiger partial charge in [-0.15, -0.1) is 0 Å². The lowest BCUT2D eigenvalue weighted by Crippen LogP contribution is -2.46. The van der Waals surface area contributed by atoms with Crippen LogP contribution in [0.4, 0.5) is 23.2 Å². The lowest BCUT2D eigenvalue weighted by atomic mass is 10.0. The average molecular weight is 388 g/mol. The van der Waals surface area contributed by atoms with E-state index in [0.717, 1.165) is 6.54 Å². The number of allylic oxidation sites excluding steroid dienone is 1. The highest BCUT2D eigenvalue weighted by Gasteiger charge is 2.35. The lowest BCUT2D eigenvalue weighted by Gasteiger charge is -2.33. The van der Waals surface area contributed by atoms with Crippen molar-refractivity contribution < 1.29 is 17.6 Å². The molecule has 3 rings (SSSR count). The molecule has 1 saturated heterocycles. The van der Waals surface area contributed by atoms with Gasteiger partial charge in [-0.25, -0.2) is 9.37 Å². The highest BCUT2D eigenvalue weighted by atomic mass is 35.5. The van der Waals surface area contributed by atoms with Gasteiger partial charge in [0.2, 0.25) is 0 Å². The number of nitrogens with one attached hydrogen (secondary N) is 1. The van der Waals surface area contributed by atoms with Gasteiger partial charge in [0.05, 0.1) is 17.3 Å². The van der Waals surface area contributed by atoms with Gasteiger partial charge in [-0.1, -0.05) is 30.3 Å². The van der Waals surface area contributed by atoms with Crippen molar-refractivity contribution >= 4 is 33.6 Å². The van der Waals surface area contributed by atoms with Crippen LogP contribution in [0.5, 0.6) is 0 Å². The SMILES string of the molecule is C=C(c1nc(Cl)cc2c(NC3CCN(C)CC3F)cccc12)C(F)(F)F. The van der Waals surface area contributed by atoms with Crippen molar-refractivity contribution in [3.8, 4) is 0 Å². The summed E-state index contributed by atoms with van der Waals surface area (Å²) in [6.07, 6.45) is -5.10. The molecule has 1 aromatic carbocycles. The Balaban J connectivity index is 2.03. The monoisotopic (exact) mass is 387 g/mol. The summed E-state index contributed by atoms with van der Waals surface area (Å²) in [7, 11) is 1.85. The first-order chi connectivity index (χ1) is 12.2. The number of pyridine rings is 1. The van der Waals surface area contributed by atoms with Gasteiger partial charge in [0.15, 0.2) is 0 Å². The van der Waals surface area contributed by atoms with Gasteiger partial charge in [-0.05, 0) is 25.6 Å². The fraction of sp³-hybridized carbons (Fsp3) is 0.389. The molecule has 8 heteroatoms. The number of anilines is 1. The molecule has 0 bridgehead atoms. The molecular formula is C18H18ClF4N3. The van der Waals surface area contributed by atoms with Crippen LogP contribution in [0.15, 0.2) is 30.8 Å². The van der Waals surface area contributed by atoms with Gasteiger partial charge in [0.1, 0.15) is 11.3 Å². The van der Waals surface area contributed by atoms with E-state index in [1.165, 1.54) is 12.1 Å². The summed E-state index contributed by atoms with van der Waals surface area (Å²) in [6, 6.07) is 5.89. The van der Waals surface area contributed by atoms with Crippen LogP contribution in [-0.2, 0) is 0 Å². The molecule has 1 aliphatic heterocycles. The highest BCUT2D eigenvalue weighted by Crippen LogP contribution is 2.38. The Labute approximate surface area is 153 Å². The largest absolute Gasteiger partial charge is 0.417 e. The zero-order chi connectivity index (χ0) is 19.1. The Morgan fingerprint density at radius 1 is 1.35 bits per heavy atom. The van der Waals surface area contributed by atoms with Crippen molar-refractivity contribution in [3.05, 3.63) is 41.7 Å². The second kappa shape index (κ2) is 7.04. The van der Waals surface area contributed by atoms with E-state index in [-0.39, 0.29) is 16.2 Å². The summed E-state index contributed by atoms with van der Waals surface area (Å²) in [5, 5.41) is 3.78. The third-order valence-electron chi connectivity index (χ3n) is 4.56. The maximum atomic E-state index is 14.3. The molecule has 2 aromatic rings. The van der Waals surface area contributed by atoms with E-state index in [1.807, 2.05) is 11.9 Å². The number of piperidine rings is 1. The smallest absolute Gasteiger partial charge is 0.379 e. The molecular weight excluding hydrogens is 370 g/mol.